The SMILES string of the molecule is O=C(Nc1ccccc1)N1CC=C(c2c[nH]c3ccc(Br)cc23)CC1. The summed E-state index contributed by atoms with van der Waals surface area (Å²) in [4.78, 5) is 17.6. The monoisotopic (exact) mass is 395 g/mol. The van der Waals surface area contributed by atoms with Crippen molar-refractivity contribution in [1.82, 2.24) is 9.88 Å². The molecule has 3 aromatic rings. The van der Waals surface area contributed by atoms with E-state index in [1.54, 1.807) is 0 Å². The Hall–Kier alpha value is -2.53. The quantitative estimate of drug-likeness (QED) is 0.611. The number of fused-ring (bicyclic) bond motifs is 1. The number of aromatic nitrogens is 1. The fraction of sp³-hybridized carbons (Fsp3) is 0.150. The summed E-state index contributed by atoms with van der Waals surface area (Å²) in [6.45, 7) is 1.33. The summed E-state index contributed by atoms with van der Waals surface area (Å²) in [5, 5.41) is 4.15. The molecular weight excluding hydrogens is 378 g/mol. The number of rotatable bonds is 2. The number of aromatic amines is 1. The minimum Gasteiger partial charge on any atom is -0.361 e. The number of hydrogen-bond acceptors (Lipinski definition) is 1. The van der Waals surface area contributed by atoms with Crippen LogP contribution in [-0.4, -0.2) is 29.0 Å². The Labute approximate surface area is 154 Å². The van der Waals surface area contributed by atoms with Crippen molar-refractivity contribution < 1.29 is 4.79 Å². The Bertz CT molecular complexity index is 946. The molecule has 4 rings (SSSR count). The maximum absolute atomic E-state index is 12.4. The Balaban J connectivity index is 1.50. The highest BCUT2D eigenvalue weighted by Crippen LogP contribution is 2.31. The number of halogens is 1. The number of amides is 2. The van der Waals surface area contributed by atoms with Gasteiger partial charge >= 0.3 is 6.03 Å². The third kappa shape index (κ3) is 3.33. The summed E-state index contributed by atoms with van der Waals surface area (Å²) in [5.41, 5.74) is 4.46. The first-order chi connectivity index (χ1) is 12.2. The molecule has 0 unspecified atom stereocenters. The van der Waals surface area contributed by atoms with Crippen LogP contribution in [-0.2, 0) is 0 Å². The van der Waals surface area contributed by atoms with E-state index in [4.69, 9.17) is 0 Å². The van der Waals surface area contributed by atoms with Crippen LogP contribution in [0, 0.1) is 0 Å². The van der Waals surface area contributed by atoms with E-state index in [9.17, 15) is 4.79 Å². The first-order valence-electron chi connectivity index (χ1n) is 8.28. The highest BCUT2D eigenvalue weighted by Gasteiger charge is 2.19. The molecular formula is C20H18BrN3O. The Morgan fingerprint density at radius 2 is 2.00 bits per heavy atom. The summed E-state index contributed by atoms with van der Waals surface area (Å²) in [6, 6.07) is 15.8. The Morgan fingerprint density at radius 3 is 2.76 bits per heavy atom. The zero-order valence-corrected chi connectivity index (χ0v) is 15.2. The molecule has 1 aliphatic heterocycles. The summed E-state index contributed by atoms with van der Waals surface area (Å²) in [5.74, 6) is 0. The molecule has 2 aromatic carbocycles. The van der Waals surface area contributed by atoms with Crippen molar-refractivity contribution in [1.29, 1.82) is 0 Å². The molecule has 4 nitrogen and oxygen atoms in total. The van der Waals surface area contributed by atoms with Crippen LogP contribution < -0.4 is 5.32 Å². The fourth-order valence-electron chi connectivity index (χ4n) is 3.18. The van der Waals surface area contributed by atoms with Gasteiger partial charge in [0, 0.05) is 45.9 Å². The van der Waals surface area contributed by atoms with Crippen molar-refractivity contribution in [2.45, 2.75) is 6.42 Å². The number of benzene rings is 2. The first-order valence-corrected chi connectivity index (χ1v) is 9.07. The highest BCUT2D eigenvalue weighted by atomic mass is 79.9. The molecule has 25 heavy (non-hydrogen) atoms. The van der Waals surface area contributed by atoms with E-state index in [2.05, 4.69) is 50.6 Å². The predicted octanol–water partition coefficient (Wildman–Crippen LogP) is 5.25. The average molecular weight is 396 g/mol. The zero-order chi connectivity index (χ0) is 17.2. The van der Waals surface area contributed by atoms with E-state index >= 15 is 0 Å². The normalized spacial score (nSPS) is 14.4. The standard InChI is InChI=1S/C20H18BrN3O/c21-15-6-7-19-17(12-15)18(13-22-19)14-8-10-24(11-9-14)20(25)23-16-4-2-1-3-5-16/h1-8,12-13,22H,9-11H2,(H,23,25). The van der Waals surface area contributed by atoms with Gasteiger partial charge in [0.05, 0.1) is 0 Å². The summed E-state index contributed by atoms with van der Waals surface area (Å²) in [7, 11) is 0. The lowest BCUT2D eigenvalue weighted by Crippen LogP contribution is -2.37. The molecule has 0 fully saturated rings. The van der Waals surface area contributed by atoms with Crippen molar-refractivity contribution >= 4 is 44.1 Å². The number of nitrogens with one attached hydrogen (secondary N) is 2. The lowest BCUT2D eigenvalue weighted by molar-refractivity contribution is 0.217. The van der Waals surface area contributed by atoms with Gasteiger partial charge in [0.15, 0.2) is 0 Å². The largest absolute Gasteiger partial charge is 0.361 e. The number of nitrogens with zero attached hydrogens (tertiary/aromatic N) is 1. The molecule has 5 heteroatoms. The van der Waals surface area contributed by atoms with Crippen LogP contribution in [0.15, 0.2) is 65.3 Å². The van der Waals surface area contributed by atoms with Gasteiger partial charge in [-0.1, -0.05) is 40.2 Å². The molecule has 126 valence electrons. The Morgan fingerprint density at radius 1 is 1.16 bits per heavy atom. The number of anilines is 1. The van der Waals surface area contributed by atoms with E-state index in [0.29, 0.717) is 13.1 Å². The number of carbonyl (C=O) groups excluding carboxylic acids is 1. The van der Waals surface area contributed by atoms with E-state index in [1.165, 1.54) is 16.5 Å². The van der Waals surface area contributed by atoms with Gasteiger partial charge in [-0.25, -0.2) is 4.79 Å². The molecule has 0 spiro atoms. The maximum atomic E-state index is 12.4. The average Bonchev–Trinajstić information content (AvgIpc) is 3.05. The first kappa shape index (κ1) is 16.0. The lowest BCUT2D eigenvalue weighted by Gasteiger charge is -2.26. The molecule has 0 aliphatic carbocycles. The number of hydrogen-bond donors (Lipinski definition) is 2. The summed E-state index contributed by atoms with van der Waals surface area (Å²) >= 11 is 3.54. The fourth-order valence-corrected chi connectivity index (χ4v) is 3.54. The van der Waals surface area contributed by atoms with Gasteiger partial charge in [0.25, 0.3) is 0 Å². The number of H-pyrrole nitrogens is 1. The minimum atomic E-state index is -0.0526. The van der Waals surface area contributed by atoms with Gasteiger partial charge in [-0.15, -0.1) is 0 Å². The van der Waals surface area contributed by atoms with Crippen LogP contribution in [0.1, 0.15) is 12.0 Å². The summed E-state index contributed by atoms with van der Waals surface area (Å²) < 4.78 is 1.07. The molecule has 0 saturated heterocycles. The van der Waals surface area contributed by atoms with E-state index in [-0.39, 0.29) is 6.03 Å². The van der Waals surface area contributed by atoms with Crippen molar-refractivity contribution in [2.24, 2.45) is 0 Å². The molecule has 1 aromatic heterocycles. The minimum absolute atomic E-state index is 0.0526. The zero-order valence-electron chi connectivity index (χ0n) is 13.6. The van der Waals surface area contributed by atoms with Crippen LogP contribution in [0.3, 0.4) is 0 Å². The second-order valence-corrected chi connectivity index (χ2v) is 7.03. The molecule has 2 N–H and O–H groups in total. The van der Waals surface area contributed by atoms with Crippen molar-refractivity contribution in [3.05, 3.63) is 70.8 Å². The van der Waals surface area contributed by atoms with Crippen LogP contribution in [0.2, 0.25) is 0 Å². The number of para-hydroxylation sites is 1. The van der Waals surface area contributed by atoms with E-state index in [0.717, 1.165) is 22.1 Å². The van der Waals surface area contributed by atoms with Crippen LogP contribution >= 0.6 is 15.9 Å². The van der Waals surface area contributed by atoms with Crippen molar-refractivity contribution in [3.63, 3.8) is 0 Å². The second-order valence-electron chi connectivity index (χ2n) is 6.11. The molecule has 2 amide bonds. The van der Waals surface area contributed by atoms with Gasteiger partial charge in [-0.05, 0) is 42.3 Å². The molecule has 0 saturated carbocycles. The second kappa shape index (κ2) is 6.76. The van der Waals surface area contributed by atoms with Crippen LogP contribution in [0.5, 0.6) is 0 Å². The molecule has 1 aliphatic rings. The van der Waals surface area contributed by atoms with Crippen molar-refractivity contribution in [3.8, 4) is 0 Å². The van der Waals surface area contributed by atoms with Gasteiger partial charge in [0.2, 0.25) is 0 Å². The van der Waals surface area contributed by atoms with Crippen molar-refractivity contribution in [2.75, 3.05) is 18.4 Å². The van der Waals surface area contributed by atoms with Gasteiger partial charge in [-0.3, -0.25) is 0 Å². The topological polar surface area (TPSA) is 48.1 Å². The van der Waals surface area contributed by atoms with E-state index in [1.807, 2.05) is 41.3 Å². The van der Waals surface area contributed by atoms with Gasteiger partial charge in [0.1, 0.15) is 0 Å². The van der Waals surface area contributed by atoms with Gasteiger partial charge < -0.3 is 15.2 Å². The number of carbonyl (C=O) groups is 1. The van der Waals surface area contributed by atoms with Crippen LogP contribution in [0.25, 0.3) is 16.5 Å². The third-order valence-electron chi connectivity index (χ3n) is 4.51. The number of urea groups is 1. The smallest absolute Gasteiger partial charge is 0.322 e. The third-order valence-corrected chi connectivity index (χ3v) is 5.00. The highest BCUT2D eigenvalue weighted by molar-refractivity contribution is 9.10. The molecule has 0 atom stereocenters. The lowest BCUT2D eigenvalue weighted by atomic mass is 9.99. The van der Waals surface area contributed by atoms with Crippen LogP contribution in [0.4, 0.5) is 10.5 Å². The molecule has 0 radical (unpaired) electrons. The van der Waals surface area contributed by atoms with E-state index < -0.39 is 0 Å². The predicted molar refractivity (Wildman–Crippen MR) is 106 cm³/mol. The molecule has 2 heterocycles. The molecule has 0 bridgehead atoms. The maximum Gasteiger partial charge on any atom is 0.322 e. The van der Waals surface area contributed by atoms with Gasteiger partial charge in [-0.2, -0.15) is 0 Å². The summed E-state index contributed by atoms with van der Waals surface area (Å²) in [6.07, 6.45) is 5.06. The Kier molecular flexibility index (Phi) is 4.32.